The van der Waals surface area contributed by atoms with E-state index in [9.17, 15) is 4.79 Å². The van der Waals surface area contributed by atoms with Gasteiger partial charge in [0.05, 0.1) is 13.2 Å². The van der Waals surface area contributed by atoms with E-state index in [0.29, 0.717) is 16.0 Å². The summed E-state index contributed by atoms with van der Waals surface area (Å²) in [4.78, 5) is 15.2. The molecule has 2 aliphatic rings. The molecule has 1 saturated heterocycles. The summed E-state index contributed by atoms with van der Waals surface area (Å²) in [7, 11) is 1.65. The number of aryl methyl sites for hydroxylation is 1. The standard InChI is InChI=1S/C19H19N3O3S/c1-10-7-14-15(25-19(23)16(14)18(26)21-10)8-12-9-20-22-17(12)11-3-5-13(24-2)6-4-11/h3-8,12,17,20,22H,9H2,1-2H3,(H,21,26)/b15-8-. The summed E-state index contributed by atoms with van der Waals surface area (Å²) in [5, 5.41) is 0. The van der Waals surface area contributed by atoms with Crippen molar-refractivity contribution in [2.75, 3.05) is 13.7 Å². The van der Waals surface area contributed by atoms with E-state index < -0.39 is 5.97 Å². The van der Waals surface area contributed by atoms with Crippen molar-refractivity contribution in [3.8, 4) is 5.75 Å². The molecule has 3 N–H and O–H groups in total. The molecule has 134 valence electrons. The highest BCUT2D eigenvalue weighted by atomic mass is 32.1. The molecule has 2 atom stereocenters. The first-order valence-electron chi connectivity index (χ1n) is 8.37. The minimum Gasteiger partial charge on any atom is -0.497 e. The van der Waals surface area contributed by atoms with Gasteiger partial charge in [0.1, 0.15) is 21.7 Å². The summed E-state index contributed by atoms with van der Waals surface area (Å²) in [5.74, 6) is 1.11. The van der Waals surface area contributed by atoms with Crippen LogP contribution in [0.3, 0.4) is 0 Å². The molecule has 0 saturated carbocycles. The lowest BCUT2D eigenvalue weighted by molar-refractivity contribution is 0.0714. The zero-order valence-corrected chi connectivity index (χ0v) is 15.3. The van der Waals surface area contributed by atoms with Crippen molar-refractivity contribution in [3.63, 3.8) is 0 Å². The molecular formula is C19H19N3O3S. The SMILES string of the molecule is COc1ccc(C2NNCC2/C=C2\OC(=O)c3c2cc(C)[nH]c3=S)cc1. The van der Waals surface area contributed by atoms with Crippen LogP contribution >= 0.6 is 12.2 Å². The zero-order valence-electron chi connectivity index (χ0n) is 14.5. The van der Waals surface area contributed by atoms with Crippen molar-refractivity contribution in [2.45, 2.75) is 13.0 Å². The number of fused-ring (bicyclic) bond motifs is 1. The molecule has 0 bridgehead atoms. The van der Waals surface area contributed by atoms with Crippen molar-refractivity contribution in [1.29, 1.82) is 0 Å². The summed E-state index contributed by atoms with van der Waals surface area (Å²) in [5.41, 5.74) is 9.70. The van der Waals surface area contributed by atoms with E-state index in [0.717, 1.165) is 29.1 Å². The minimum absolute atomic E-state index is 0.0653. The van der Waals surface area contributed by atoms with E-state index in [1.807, 2.05) is 43.3 Å². The van der Waals surface area contributed by atoms with E-state index in [1.165, 1.54) is 0 Å². The number of aromatic amines is 1. The van der Waals surface area contributed by atoms with Gasteiger partial charge in [0.25, 0.3) is 0 Å². The molecule has 0 radical (unpaired) electrons. The quantitative estimate of drug-likeness (QED) is 0.570. The first-order chi connectivity index (χ1) is 12.6. The third-order valence-corrected chi connectivity index (χ3v) is 5.01. The second-order valence-electron chi connectivity index (χ2n) is 6.43. The Bertz CT molecular complexity index is 949. The fourth-order valence-electron chi connectivity index (χ4n) is 3.42. The number of benzene rings is 1. The Morgan fingerprint density at radius 2 is 2.08 bits per heavy atom. The molecule has 0 amide bonds. The predicted molar refractivity (Wildman–Crippen MR) is 100 cm³/mol. The fourth-order valence-corrected chi connectivity index (χ4v) is 3.77. The van der Waals surface area contributed by atoms with Gasteiger partial charge in [-0.1, -0.05) is 24.4 Å². The third-order valence-electron chi connectivity index (χ3n) is 4.70. The summed E-state index contributed by atoms with van der Waals surface area (Å²) in [6, 6.07) is 9.91. The van der Waals surface area contributed by atoms with Crippen LogP contribution in [0.4, 0.5) is 0 Å². The number of hydrogen-bond acceptors (Lipinski definition) is 6. The number of carbonyl (C=O) groups excluding carboxylic acids is 1. The molecule has 4 rings (SSSR count). The summed E-state index contributed by atoms with van der Waals surface area (Å²) in [6.07, 6.45) is 2.00. The number of H-pyrrole nitrogens is 1. The average Bonchev–Trinajstić information content (AvgIpc) is 3.20. The number of nitrogens with one attached hydrogen (secondary N) is 3. The second-order valence-corrected chi connectivity index (χ2v) is 6.84. The van der Waals surface area contributed by atoms with E-state index >= 15 is 0 Å². The maximum Gasteiger partial charge on any atom is 0.347 e. The summed E-state index contributed by atoms with van der Waals surface area (Å²) in [6.45, 7) is 2.64. The van der Waals surface area contributed by atoms with Gasteiger partial charge in [-0.3, -0.25) is 5.43 Å². The number of methoxy groups -OCH3 is 1. The highest BCUT2D eigenvalue weighted by Gasteiger charge is 2.32. The van der Waals surface area contributed by atoms with Gasteiger partial charge in [0.15, 0.2) is 0 Å². The molecule has 0 spiro atoms. The molecule has 2 aliphatic heterocycles. The number of esters is 1. The van der Waals surface area contributed by atoms with Gasteiger partial charge >= 0.3 is 5.97 Å². The van der Waals surface area contributed by atoms with Crippen LogP contribution in [0.25, 0.3) is 5.76 Å². The molecule has 2 unspecified atom stereocenters. The number of rotatable bonds is 3. The molecule has 2 aromatic rings. The van der Waals surface area contributed by atoms with Crippen molar-refractivity contribution in [1.82, 2.24) is 15.8 Å². The second kappa shape index (κ2) is 6.68. The Morgan fingerprint density at radius 1 is 1.31 bits per heavy atom. The average molecular weight is 369 g/mol. The molecular weight excluding hydrogens is 350 g/mol. The zero-order chi connectivity index (χ0) is 18.3. The van der Waals surface area contributed by atoms with Crippen LogP contribution in [0.15, 0.2) is 36.4 Å². The van der Waals surface area contributed by atoms with Crippen LogP contribution in [-0.4, -0.2) is 24.6 Å². The first kappa shape index (κ1) is 17.0. The van der Waals surface area contributed by atoms with Gasteiger partial charge in [-0.15, -0.1) is 0 Å². The minimum atomic E-state index is -0.396. The molecule has 1 fully saturated rings. The molecule has 6 nitrogen and oxygen atoms in total. The summed E-state index contributed by atoms with van der Waals surface area (Å²) >= 11 is 5.28. The van der Waals surface area contributed by atoms with Crippen LogP contribution in [-0.2, 0) is 4.74 Å². The van der Waals surface area contributed by atoms with Crippen molar-refractivity contribution in [3.05, 3.63) is 63.4 Å². The van der Waals surface area contributed by atoms with Gasteiger partial charge in [-0.2, -0.15) is 0 Å². The molecule has 3 heterocycles. The Hall–Kier alpha value is -2.48. The number of hydrogen-bond donors (Lipinski definition) is 3. The molecule has 1 aromatic heterocycles. The van der Waals surface area contributed by atoms with Crippen LogP contribution < -0.4 is 15.6 Å². The van der Waals surface area contributed by atoms with Crippen LogP contribution in [0.1, 0.15) is 33.2 Å². The van der Waals surface area contributed by atoms with Crippen LogP contribution in [0, 0.1) is 17.5 Å². The van der Waals surface area contributed by atoms with Gasteiger partial charge in [-0.05, 0) is 36.8 Å². The number of aromatic nitrogens is 1. The highest BCUT2D eigenvalue weighted by molar-refractivity contribution is 7.71. The number of hydrazine groups is 1. The Balaban J connectivity index is 1.68. The summed E-state index contributed by atoms with van der Waals surface area (Å²) < 4.78 is 11.2. The Kier molecular flexibility index (Phi) is 4.36. The first-order valence-corrected chi connectivity index (χ1v) is 8.78. The number of ether oxygens (including phenoxy) is 2. The number of carbonyl (C=O) groups is 1. The Morgan fingerprint density at radius 3 is 2.81 bits per heavy atom. The van der Waals surface area contributed by atoms with Crippen LogP contribution in [0.5, 0.6) is 5.75 Å². The van der Waals surface area contributed by atoms with E-state index in [-0.39, 0.29) is 12.0 Å². The normalized spacial score (nSPS) is 23.2. The maximum absolute atomic E-state index is 12.2. The smallest absolute Gasteiger partial charge is 0.347 e. The van der Waals surface area contributed by atoms with E-state index in [1.54, 1.807) is 7.11 Å². The highest BCUT2D eigenvalue weighted by Crippen LogP contribution is 2.35. The van der Waals surface area contributed by atoms with Gasteiger partial charge in [0, 0.05) is 23.7 Å². The van der Waals surface area contributed by atoms with E-state index in [2.05, 4.69) is 15.8 Å². The van der Waals surface area contributed by atoms with Crippen molar-refractivity contribution >= 4 is 23.9 Å². The topological polar surface area (TPSA) is 75.4 Å². The number of pyridine rings is 1. The van der Waals surface area contributed by atoms with Crippen LogP contribution in [0.2, 0.25) is 0 Å². The molecule has 0 aliphatic carbocycles. The van der Waals surface area contributed by atoms with Gasteiger partial charge in [-0.25, -0.2) is 10.2 Å². The monoisotopic (exact) mass is 369 g/mol. The third kappa shape index (κ3) is 2.94. The lowest BCUT2D eigenvalue weighted by atomic mass is 9.93. The molecule has 26 heavy (non-hydrogen) atoms. The lowest BCUT2D eigenvalue weighted by Gasteiger charge is -2.17. The molecule has 1 aromatic carbocycles. The number of cyclic esters (lactones) is 1. The van der Waals surface area contributed by atoms with Crippen molar-refractivity contribution in [2.24, 2.45) is 5.92 Å². The van der Waals surface area contributed by atoms with Crippen molar-refractivity contribution < 1.29 is 14.3 Å². The Labute approximate surface area is 156 Å². The largest absolute Gasteiger partial charge is 0.497 e. The van der Waals surface area contributed by atoms with E-state index in [4.69, 9.17) is 21.7 Å². The van der Waals surface area contributed by atoms with Gasteiger partial charge < -0.3 is 14.5 Å². The fraction of sp³-hybridized carbons (Fsp3) is 0.263. The maximum atomic E-state index is 12.2. The predicted octanol–water partition coefficient (Wildman–Crippen LogP) is 3.04. The molecule has 7 heteroatoms. The lowest BCUT2D eigenvalue weighted by Crippen LogP contribution is -2.24. The van der Waals surface area contributed by atoms with Gasteiger partial charge in [0.2, 0.25) is 0 Å².